The van der Waals surface area contributed by atoms with Crippen molar-refractivity contribution in [1.82, 2.24) is 0 Å². The van der Waals surface area contributed by atoms with Gasteiger partial charge in [0.25, 0.3) is 6.48 Å². The van der Waals surface area contributed by atoms with Crippen LogP contribution in [-0.4, -0.2) is 29.5 Å². The molecule has 0 atom stereocenters. The van der Waals surface area contributed by atoms with E-state index in [1.165, 1.54) is 0 Å². The van der Waals surface area contributed by atoms with Crippen LogP contribution in [0.1, 0.15) is 0 Å². The van der Waals surface area contributed by atoms with Crippen LogP contribution in [0, 0.1) is 0 Å². The molecule has 0 spiro atoms. The van der Waals surface area contributed by atoms with Gasteiger partial charge >= 0.3 is 6.18 Å². The molecule has 9 heavy (non-hydrogen) atoms. The molecule has 0 saturated heterocycles. The monoisotopic (exact) mass is 146 g/mol. The Hall–Kier alpha value is -0.330. The fourth-order valence-corrected chi connectivity index (χ4v) is 0.169. The van der Waals surface area contributed by atoms with Gasteiger partial charge in [-0.3, -0.25) is 0 Å². The molecule has 0 aliphatic rings. The predicted octanol–water partition coefficient (Wildman–Crippen LogP) is -0.167. The van der Waals surface area contributed by atoms with Gasteiger partial charge in [-0.25, -0.2) is 0 Å². The van der Waals surface area contributed by atoms with Crippen molar-refractivity contribution in [3.05, 3.63) is 0 Å². The molecule has 0 saturated carbocycles. The van der Waals surface area contributed by atoms with E-state index in [1.807, 2.05) is 0 Å². The summed E-state index contributed by atoms with van der Waals surface area (Å²) in [5.41, 5.74) is 0. The number of rotatable bonds is 2. The van der Waals surface area contributed by atoms with E-state index < -0.39 is 19.3 Å². The van der Waals surface area contributed by atoms with Crippen molar-refractivity contribution >= 4 is 0 Å². The number of ether oxygens (including phenoxy) is 1. The molecule has 0 unspecified atom stereocenters. The molecule has 0 amide bonds. The van der Waals surface area contributed by atoms with Gasteiger partial charge in [0.1, 0.15) is 6.61 Å². The molecule has 0 rings (SSSR count). The second kappa shape index (κ2) is 3.00. The third-order valence-corrected chi connectivity index (χ3v) is 0.396. The lowest BCUT2D eigenvalue weighted by molar-refractivity contribution is -0.281. The molecule has 0 aromatic carbocycles. The van der Waals surface area contributed by atoms with Gasteiger partial charge in [0.15, 0.2) is 0 Å². The molecule has 0 aromatic rings. The van der Waals surface area contributed by atoms with Crippen LogP contribution >= 0.6 is 0 Å². The zero-order chi connectivity index (χ0) is 7.49. The highest BCUT2D eigenvalue weighted by atomic mass is 19.4. The maximum atomic E-state index is 11.1. The number of halogens is 3. The molecule has 0 aliphatic heterocycles. The predicted molar refractivity (Wildman–Crippen MR) is 20.2 cm³/mol. The molecule has 0 heterocycles. The Bertz CT molecular complexity index is 78.9. The average molecular weight is 146 g/mol. The highest BCUT2D eigenvalue weighted by Gasteiger charge is 2.28. The van der Waals surface area contributed by atoms with E-state index in [-0.39, 0.29) is 0 Å². The first-order chi connectivity index (χ1) is 3.92. The Morgan fingerprint density at radius 3 is 1.89 bits per heavy atom. The highest BCUT2D eigenvalue weighted by molar-refractivity contribution is 4.43. The van der Waals surface area contributed by atoms with Crippen LogP contribution in [0.2, 0.25) is 0 Å². The number of alkyl halides is 3. The van der Waals surface area contributed by atoms with E-state index in [4.69, 9.17) is 10.2 Å². The van der Waals surface area contributed by atoms with E-state index in [9.17, 15) is 13.2 Å². The van der Waals surface area contributed by atoms with E-state index in [1.54, 1.807) is 0 Å². The Morgan fingerprint density at radius 1 is 1.33 bits per heavy atom. The summed E-state index contributed by atoms with van der Waals surface area (Å²) in [5.74, 6) is 0. The maximum absolute atomic E-state index is 11.1. The standard InChI is InChI=1S/C3H5F3O3/c4-3(5,6)1-9-2(7)8/h2,7-8H,1H2. The van der Waals surface area contributed by atoms with Crippen molar-refractivity contribution in [3.63, 3.8) is 0 Å². The molecular formula is C3H5F3O3. The zero-order valence-electron chi connectivity index (χ0n) is 4.22. The Labute approximate surface area is 48.7 Å². The second-order valence-corrected chi connectivity index (χ2v) is 1.25. The summed E-state index contributed by atoms with van der Waals surface area (Å²) in [6.45, 7) is -4.00. The van der Waals surface area contributed by atoms with Gasteiger partial charge in [-0.2, -0.15) is 13.2 Å². The van der Waals surface area contributed by atoms with E-state index in [0.29, 0.717) is 0 Å². The first-order valence-electron chi connectivity index (χ1n) is 1.96. The van der Waals surface area contributed by atoms with Gasteiger partial charge in [0, 0.05) is 0 Å². The minimum absolute atomic E-state index is 1.65. The molecule has 0 fully saturated rings. The van der Waals surface area contributed by atoms with Gasteiger partial charge in [-0.15, -0.1) is 0 Å². The first kappa shape index (κ1) is 8.67. The first-order valence-corrected chi connectivity index (χ1v) is 1.96. The number of aliphatic hydroxyl groups excluding tert-OH is 1. The lowest BCUT2D eigenvalue weighted by Crippen LogP contribution is -2.22. The van der Waals surface area contributed by atoms with E-state index in [2.05, 4.69) is 4.74 Å². The molecule has 3 nitrogen and oxygen atoms in total. The van der Waals surface area contributed by atoms with Crippen molar-refractivity contribution in [2.24, 2.45) is 0 Å². The SMILES string of the molecule is OC(O)OCC(F)(F)F. The summed E-state index contributed by atoms with van der Waals surface area (Å²) in [6.07, 6.45) is -4.51. The Kier molecular flexibility index (Phi) is 2.89. The van der Waals surface area contributed by atoms with E-state index in [0.717, 1.165) is 0 Å². The molecule has 0 aliphatic carbocycles. The van der Waals surface area contributed by atoms with Crippen molar-refractivity contribution in [2.75, 3.05) is 6.61 Å². The lowest BCUT2D eigenvalue weighted by Gasteiger charge is -2.07. The Balaban J connectivity index is 3.28. The van der Waals surface area contributed by atoms with E-state index >= 15 is 0 Å². The normalized spacial score (nSPS) is 12.7. The fourth-order valence-electron chi connectivity index (χ4n) is 0.169. The molecule has 0 aromatic heterocycles. The van der Waals surface area contributed by atoms with Crippen LogP contribution in [-0.2, 0) is 4.74 Å². The van der Waals surface area contributed by atoms with Gasteiger partial charge < -0.3 is 14.9 Å². The average Bonchev–Trinajstić information content (AvgIpc) is 1.59. The summed E-state index contributed by atoms with van der Waals surface area (Å²) < 4.78 is 36.6. The molecule has 0 bridgehead atoms. The minimum Gasteiger partial charge on any atom is -0.346 e. The van der Waals surface area contributed by atoms with Crippen LogP contribution in [0.4, 0.5) is 13.2 Å². The van der Waals surface area contributed by atoms with Gasteiger partial charge in [0.2, 0.25) is 0 Å². The maximum Gasteiger partial charge on any atom is 0.411 e. The highest BCUT2D eigenvalue weighted by Crippen LogP contribution is 2.14. The number of hydrogen-bond donors (Lipinski definition) is 2. The van der Waals surface area contributed by atoms with Crippen LogP contribution in [0.15, 0.2) is 0 Å². The Morgan fingerprint density at radius 2 is 1.78 bits per heavy atom. The van der Waals surface area contributed by atoms with Crippen LogP contribution in [0.5, 0.6) is 0 Å². The van der Waals surface area contributed by atoms with Gasteiger partial charge in [0.05, 0.1) is 0 Å². The smallest absolute Gasteiger partial charge is 0.346 e. The molecular weight excluding hydrogens is 141 g/mol. The molecule has 2 N–H and O–H groups in total. The third kappa shape index (κ3) is 7.67. The summed E-state index contributed by atoms with van der Waals surface area (Å²) >= 11 is 0. The van der Waals surface area contributed by atoms with Crippen LogP contribution in [0.25, 0.3) is 0 Å². The molecule has 56 valence electrons. The molecule has 0 radical (unpaired) electrons. The zero-order valence-corrected chi connectivity index (χ0v) is 4.22. The minimum atomic E-state index is -4.51. The van der Waals surface area contributed by atoms with Crippen molar-refractivity contribution < 1.29 is 28.1 Å². The lowest BCUT2D eigenvalue weighted by atomic mass is 10.7. The van der Waals surface area contributed by atoms with Gasteiger partial charge in [-0.05, 0) is 0 Å². The number of hydrogen-bond acceptors (Lipinski definition) is 3. The van der Waals surface area contributed by atoms with Crippen LogP contribution in [0.3, 0.4) is 0 Å². The largest absolute Gasteiger partial charge is 0.411 e. The topological polar surface area (TPSA) is 49.7 Å². The van der Waals surface area contributed by atoms with Crippen molar-refractivity contribution in [2.45, 2.75) is 12.7 Å². The van der Waals surface area contributed by atoms with Crippen LogP contribution < -0.4 is 0 Å². The fraction of sp³-hybridized carbons (Fsp3) is 1.00. The quantitative estimate of drug-likeness (QED) is 0.532. The van der Waals surface area contributed by atoms with Crippen molar-refractivity contribution in [1.29, 1.82) is 0 Å². The third-order valence-electron chi connectivity index (χ3n) is 0.396. The summed E-state index contributed by atoms with van der Waals surface area (Å²) in [5, 5.41) is 15.5. The summed E-state index contributed by atoms with van der Waals surface area (Å²) in [4.78, 5) is 0. The van der Waals surface area contributed by atoms with Gasteiger partial charge in [-0.1, -0.05) is 0 Å². The summed E-state index contributed by atoms with van der Waals surface area (Å²) in [7, 11) is 0. The summed E-state index contributed by atoms with van der Waals surface area (Å²) in [6, 6.07) is 0. The van der Waals surface area contributed by atoms with Crippen molar-refractivity contribution in [3.8, 4) is 0 Å². The molecule has 6 heteroatoms. The second-order valence-electron chi connectivity index (χ2n) is 1.25. The number of aliphatic hydroxyl groups is 2.